The van der Waals surface area contributed by atoms with E-state index in [1.54, 1.807) is 27.7 Å². The summed E-state index contributed by atoms with van der Waals surface area (Å²) in [6.45, 7) is 2.91. The Morgan fingerprint density at radius 1 is 0.347 bits per heavy atom. The third-order valence-corrected chi connectivity index (χ3v) is 12.4. The largest absolute Gasteiger partial charge is 0.296 e. The first-order chi connectivity index (χ1) is 22.8. The molecule has 0 spiro atoms. The summed E-state index contributed by atoms with van der Waals surface area (Å²) in [6.07, 6.45) is 0. The van der Waals surface area contributed by atoms with Crippen molar-refractivity contribution < 1.29 is 50.4 Å². The van der Waals surface area contributed by atoms with E-state index in [2.05, 4.69) is 0 Å². The molecule has 49 heavy (non-hydrogen) atoms. The van der Waals surface area contributed by atoms with E-state index in [1.165, 1.54) is 97.1 Å². The van der Waals surface area contributed by atoms with Crippen molar-refractivity contribution in [1.29, 1.82) is 0 Å². The van der Waals surface area contributed by atoms with Crippen molar-refractivity contribution in [2.75, 3.05) is 26.4 Å². The first-order valence-electron chi connectivity index (χ1n) is 14.7. The highest BCUT2D eigenvalue weighted by Gasteiger charge is 2.40. The van der Waals surface area contributed by atoms with E-state index in [9.17, 15) is 33.7 Å². The molecule has 16 heteroatoms. The smallest absolute Gasteiger partial charge is 0.266 e. The van der Waals surface area contributed by atoms with Gasteiger partial charge in [0.1, 0.15) is 0 Å². The number of hydrogen-bond acceptors (Lipinski definition) is 12. The van der Waals surface area contributed by atoms with Gasteiger partial charge >= 0.3 is 0 Å². The van der Waals surface area contributed by atoms with Crippen molar-refractivity contribution in [3.8, 4) is 0 Å². The third-order valence-electron chi connectivity index (χ3n) is 7.32. The van der Waals surface area contributed by atoms with Gasteiger partial charge < -0.3 is 0 Å². The summed E-state index contributed by atoms with van der Waals surface area (Å²) >= 11 is 0. The third kappa shape index (κ3) is 10.3. The highest BCUT2D eigenvalue weighted by atomic mass is 32.2. The second-order valence-corrected chi connectivity index (χ2v) is 18.1. The molecule has 264 valence electrons. The van der Waals surface area contributed by atoms with Crippen LogP contribution in [-0.4, -0.2) is 60.1 Å². The Bertz CT molecular complexity index is 1860. The number of hydrogen-bond donors (Lipinski definition) is 0. The van der Waals surface area contributed by atoms with E-state index < -0.39 is 72.3 Å². The molecule has 0 radical (unpaired) electrons. The van der Waals surface area contributed by atoms with Gasteiger partial charge in [0, 0.05) is 0 Å². The molecule has 0 saturated heterocycles. The van der Waals surface area contributed by atoms with Crippen LogP contribution in [0.15, 0.2) is 117 Å². The highest BCUT2D eigenvalue weighted by molar-refractivity contribution is 7.87. The van der Waals surface area contributed by atoms with Gasteiger partial charge in [-0.25, -0.2) is 0 Å². The summed E-state index contributed by atoms with van der Waals surface area (Å²) in [7, 11) is -18.2. The van der Waals surface area contributed by atoms with Crippen LogP contribution in [0, 0.1) is 33.1 Å². The molecule has 12 nitrogen and oxygen atoms in total. The number of rotatable bonds is 16. The Morgan fingerprint density at radius 2 is 0.510 bits per heavy atom. The quantitative estimate of drug-likeness (QED) is 0.143. The summed E-state index contributed by atoms with van der Waals surface area (Å²) in [5.41, 5.74) is 0.852. The van der Waals surface area contributed by atoms with Gasteiger partial charge in [-0.3, -0.25) is 16.7 Å². The second kappa shape index (κ2) is 15.2. The first kappa shape index (κ1) is 38.3. The molecule has 0 amide bonds. The van der Waals surface area contributed by atoms with Gasteiger partial charge in [-0.05, 0) is 76.2 Å². The molecular weight excluding hydrogens is 717 g/mol. The lowest BCUT2D eigenvalue weighted by Gasteiger charge is -2.31. The predicted molar refractivity (Wildman–Crippen MR) is 180 cm³/mol. The lowest BCUT2D eigenvalue weighted by molar-refractivity contribution is 0.00406. The standard InChI is InChI=1S/C33H36O12S4/c1-25-5-13-29(14-6-25)46(34,35)42-21-33(22-43-47(36,37)30-15-7-26(2)8-16-30,23-44-48(38,39)31-17-9-27(3)10-18-31)24-45-49(40,41)32-19-11-28(4)12-20-32/h5-20H,21-24H2,1-4H3. The summed E-state index contributed by atoms with van der Waals surface area (Å²) in [5.74, 6) is 0. The van der Waals surface area contributed by atoms with Crippen LogP contribution >= 0.6 is 0 Å². The second-order valence-electron chi connectivity index (χ2n) is 11.6. The summed E-state index contributed by atoms with van der Waals surface area (Å²) in [5, 5.41) is 0. The van der Waals surface area contributed by atoms with Crippen LogP contribution < -0.4 is 0 Å². The SMILES string of the molecule is Cc1ccc(S(=O)(=O)OCC(COS(=O)(=O)c2ccc(C)cc2)(COS(=O)(=O)c2ccc(C)cc2)COS(=O)(=O)c2ccc(C)cc2)cc1. The first-order valence-corrected chi connectivity index (χ1v) is 20.3. The van der Waals surface area contributed by atoms with Crippen LogP contribution in [0.5, 0.6) is 0 Å². The van der Waals surface area contributed by atoms with Crippen molar-refractivity contribution in [2.45, 2.75) is 47.3 Å². The molecule has 0 aliphatic carbocycles. The average molecular weight is 753 g/mol. The fourth-order valence-corrected chi connectivity index (χ4v) is 8.19. The Labute approximate surface area is 288 Å². The van der Waals surface area contributed by atoms with Gasteiger partial charge in [0.2, 0.25) is 0 Å². The van der Waals surface area contributed by atoms with Gasteiger partial charge in [0.25, 0.3) is 40.5 Å². The van der Waals surface area contributed by atoms with E-state index in [0.29, 0.717) is 0 Å². The van der Waals surface area contributed by atoms with Crippen molar-refractivity contribution in [3.05, 3.63) is 119 Å². The maximum absolute atomic E-state index is 13.3. The number of aryl methyl sites for hydroxylation is 4. The molecule has 4 aromatic carbocycles. The Hall–Kier alpha value is -3.48. The molecule has 0 unspecified atom stereocenters. The zero-order chi connectivity index (χ0) is 36.1. The molecule has 0 fully saturated rings. The molecule has 0 aliphatic heterocycles. The molecule has 0 aromatic heterocycles. The number of benzene rings is 4. The minimum absolute atomic E-state index is 0.262. The van der Waals surface area contributed by atoms with Crippen LogP contribution in [0.1, 0.15) is 22.3 Å². The highest BCUT2D eigenvalue weighted by Crippen LogP contribution is 2.29. The molecule has 0 saturated carbocycles. The van der Waals surface area contributed by atoms with E-state index >= 15 is 0 Å². The van der Waals surface area contributed by atoms with Crippen molar-refractivity contribution in [2.24, 2.45) is 5.41 Å². The Morgan fingerprint density at radius 3 is 0.673 bits per heavy atom. The summed E-state index contributed by atoms with van der Waals surface area (Å²) in [6, 6.07) is 22.4. The predicted octanol–water partition coefficient (Wildman–Crippen LogP) is 4.83. The van der Waals surface area contributed by atoms with Gasteiger partial charge in [0.05, 0.1) is 51.4 Å². The zero-order valence-electron chi connectivity index (χ0n) is 27.1. The summed E-state index contributed by atoms with van der Waals surface area (Å²) in [4.78, 5) is -1.05. The van der Waals surface area contributed by atoms with Crippen LogP contribution in [0.25, 0.3) is 0 Å². The van der Waals surface area contributed by atoms with E-state index in [1.807, 2.05) is 0 Å². The Balaban J connectivity index is 1.75. The monoisotopic (exact) mass is 752 g/mol. The topological polar surface area (TPSA) is 173 Å². The van der Waals surface area contributed by atoms with Crippen molar-refractivity contribution in [1.82, 2.24) is 0 Å². The van der Waals surface area contributed by atoms with Crippen LogP contribution in [-0.2, 0) is 57.2 Å². The molecule has 0 bridgehead atoms. The van der Waals surface area contributed by atoms with Crippen LogP contribution in [0.2, 0.25) is 0 Å². The molecule has 0 aliphatic rings. The van der Waals surface area contributed by atoms with Gasteiger partial charge in [-0.2, -0.15) is 33.7 Å². The maximum Gasteiger partial charge on any atom is 0.296 e. The van der Waals surface area contributed by atoms with E-state index in [0.717, 1.165) is 22.3 Å². The summed E-state index contributed by atoms with van der Waals surface area (Å²) < 4.78 is 127. The van der Waals surface area contributed by atoms with Gasteiger partial charge in [0.15, 0.2) is 0 Å². The zero-order valence-corrected chi connectivity index (χ0v) is 30.4. The van der Waals surface area contributed by atoms with Crippen LogP contribution in [0.4, 0.5) is 0 Å². The minimum atomic E-state index is -4.56. The Kier molecular flexibility index (Phi) is 11.9. The van der Waals surface area contributed by atoms with Crippen molar-refractivity contribution >= 4 is 40.5 Å². The molecule has 0 heterocycles. The molecule has 4 aromatic rings. The average Bonchev–Trinajstić information content (AvgIpc) is 3.05. The molecular formula is C33H36O12S4. The lowest BCUT2D eigenvalue weighted by Crippen LogP contribution is -2.44. The van der Waals surface area contributed by atoms with Gasteiger partial charge in [-0.1, -0.05) is 70.8 Å². The fourth-order valence-electron chi connectivity index (χ4n) is 4.15. The minimum Gasteiger partial charge on any atom is -0.266 e. The normalized spacial score (nSPS) is 13.0. The molecule has 0 atom stereocenters. The fraction of sp³-hybridized carbons (Fsp3) is 0.273. The van der Waals surface area contributed by atoms with Crippen molar-refractivity contribution in [3.63, 3.8) is 0 Å². The van der Waals surface area contributed by atoms with E-state index in [4.69, 9.17) is 16.7 Å². The van der Waals surface area contributed by atoms with E-state index in [-0.39, 0.29) is 19.6 Å². The van der Waals surface area contributed by atoms with Crippen LogP contribution in [0.3, 0.4) is 0 Å². The molecule has 0 N–H and O–H groups in total. The lowest BCUT2D eigenvalue weighted by atomic mass is 9.93. The van der Waals surface area contributed by atoms with Gasteiger partial charge in [-0.15, -0.1) is 0 Å². The maximum atomic E-state index is 13.3. The molecule has 4 rings (SSSR count).